The topological polar surface area (TPSA) is 69.2 Å². The molecule has 0 bridgehead atoms. The van der Waals surface area contributed by atoms with Gasteiger partial charge in [-0.15, -0.1) is 0 Å². The zero-order valence-corrected chi connectivity index (χ0v) is 10.8. The number of carbonyl (C=O) groups excluding carboxylic acids is 2. The number of benzene rings is 1. The first-order valence-electron chi connectivity index (χ1n) is 6.71. The van der Waals surface area contributed by atoms with Crippen molar-refractivity contribution in [3.63, 3.8) is 0 Å². The second kappa shape index (κ2) is 6.36. The second-order valence-corrected chi connectivity index (χ2v) is 5.02. The molecule has 1 aliphatic rings. The Morgan fingerprint density at radius 1 is 1.11 bits per heavy atom. The molecule has 0 spiro atoms. The average Bonchev–Trinajstić information content (AvgIpc) is 2.46. The molecule has 1 N–H and O–H groups in total. The van der Waals surface area contributed by atoms with Gasteiger partial charge >= 0.3 is 0 Å². The summed E-state index contributed by atoms with van der Waals surface area (Å²) in [6, 6.07) is 9.59. The van der Waals surface area contributed by atoms with Gasteiger partial charge in [0.1, 0.15) is 0 Å². The van der Waals surface area contributed by atoms with Crippen molar-refractivity contribution in [2.45, 2.75) is 32.2 Å². The maximum atomic E-state index is 12.1. The van der Waals surface area contributed by atoms with E-state index in [2.05, 4.69) is 5.32 Å². The monoisotopic (exact) mass is 260 g/mol. The third-order valence-corrected chi connectivity index (χ3v) is 3.72. The summed E-state index contributed by atoms with van der Waals surface area (Å²) in [7, 11) is 0. The largest absolute Gasteiger partial charge is 0.550 e. The Hall–Kier alpha value is -1.84. The standard InChI is InChI=1S/C15H19NO3/c17-14(16-10-11-6-2-1-3-7-11)12-8-4-5-9-13(12)15(18)19/h1-3,6-7,12-13H,4-5,8-10H2,(H,16,17)(H,18,19)/p-1/t12-,13+/m0/s1. The summed E-state index contributed by atoms with van der Waals surface area (Å²) < 4.78 is 0. The van der Waals surface area contributed by atoms with Crippen molar-refractivity contribution < 1.29 is 14.7 Å². The molecule has 0 aliphatic heterocycles. The van der Waals surface area contributed by atoms with E-state index in [9.17, 15) is 14.7 Å². The molecule has 1 fully saturated rings. The Labute approximate surface area is 112 Å². The molecule has 0 aromatic heterocycles. The van der Waals surface area contributed by atoms with Gasteiger partial charge in [0, 0.05) is 24.3 Å². The van der Waals surface area contributed by atoms with Gasteiger partial charge in [-0.25, -0.2) is 0 Å². The quantitative estimate of drug-likeness (QED) is 0.873. The molecule has 0 heterocycles. The molecule has 0 unspecified atom stereocenters. The van der Waals surface area contributed by atoms with Crippen LogP contribution < -0.4 is 10.4 Å². The summed E-state index contributed by atoms with van der Waals surface area (Å²) in [5.74, 6) is -2.34. The summed E-state index contributed by atoms with van der Waals surface area (Å²) in [6.07, 6.45) is 2.96. The summed E-state index contributed by atoms with van der Waals surface area (Å²) in [4.78, 5) is 23.1. The van der Waals surface area contributed by atoms with E-state index in [0.29, 0.717) is 19.4 Å². The molecular weight excluding hydrogens is 242 g/mol. The molecule has 1 aliphatic carbocycles. The minimum Gasteiger partial charge on any atom is -0.550 e. The molecule has 2 rings (SSSR count). The highest BCUT2D eigenvalue weighted by molar-refractivity contribution is 5.84. The first-order valence-corrected chi connectivity index (χ1v) is 6.71. The lowest BCUT2D eigenvalue weighted by Crippen LogP contribution is -2.44. The van der Waals surface area contributed by atoms with Gasteiger partial charge in [0.15, 0.2) is 0 Å². The van der Waals surface area contributed by atoms with Crippen molar-refractivity contribution in [2.24, 2.45) is 11.8 Å². The fraction of sp³-hybridized carbons (Fsp3) is 0.467. The minimum atomic E-state index is -1.10. The number of hydrogen-bond acceptors (Lipinski definition) is 3. The lowest BCUT2D eigenvalue weighted by atomic mass is 9.78. The van der Waals surface area contributed by atoms with E-state index in [1.165, 1.54) is 0 Å². The Morgan fingerprint density at radius 3 is 2.37 bits per heavy atom. The maximum absolute atomic E-state index is 12.1. The lowest BCUT2D eigenvalue weighted by Gasteiger charge is -2.31. The predicted octanol–water partition coefficient (Wildman–Crippen LogP) is 0.859. The highest BCUT2D eigenvalue weighted by Crippen LogP contribution is 2.29. The van der Waals surface area contributed by atoms with Crippen LogP contribution in [0.3, 0.4) is 0 Å². The fourth-order valence-corrected chi connectivity index (χ4v) is 2.64. The molecule has 19 heavy (non-hydrogen) atoms. The van der Waals surface area contributed by atoms with Crippen LogP contribution in [0, 0.1) is 11.8 Å². The van der Waals surface area contributed by atoms with Gasteiger partial charge in [0.2, 0.25) is 5.91 Å². The van der Waals surface area contributed by atoms with Gasteiger partial charge in [0.05, 0.1) is 0 Å². The molecule has 2 atom stereocenters. The number of carbonyl (C=O) groups is 2. The van der Waals surface area contributed by atoms with Crippen LogP contribution in [0.25, 0.3) is 0 Å². The summed E-state index contributed by atoms with van der Waals surface area (Å²) in [5, 5.41) is 13.9. The number of aliphatic carboxylic acids is 1. The van der Waals surface area contributed by atoms with Crippen molar-refractivity contribution in [3.8, 4) is 0 Å². The van der Waals surface area contributed by atoms with E-state index in [0.717, 1.165) is 18.4 Å². The van der Waals surface area contributed by atoms with Crippen LogP contribution in [0.2, 0.25) is 0 Å². The summed E-state index contributed by atoms with van der Waals surface area (Å²) in [6.45, 7) is 0.440. The van der Waals surface area contributed by atoms with Crippen molar-refractivity contribution in [1.29, 1.82) is 0 Å². The van der Waals surface area contributed by atoms with Crippen LogP contribution in [0.1, 0.15) is 31.2 Å². The zero-order chi connectivity index (χ0) is 13.7. The zero-order valence-electron chi connectivity index (χ0n) is 10.8. The van der Waals surface area contributed by atoms with Crippen LogP contribution in [0.15, 0.2) is 30.3 Å². The number of carboxylic acid groups (broad SMARTS) is 1. The van der Waals surface area contributed by atoms with Crippen molar-refractivity contribution in [3.05, 3.63) is 35.9 Å². The van der Waals surface area contributed by atoms with Gasteiger partial charge in [-0.3, -0.25) is 4.79 Å². The lowest BCUT2D eigenvalue weighted by molar-refractivity contribution is -0.314. The van der Waals surface area contributed by atoms with E-state index in [1.807, 2.05) is 30.3 Å². The van der Waals surface area contributed by atoms with E-state index in [4.69, 9.17) is 0 Å². The number of hydrogen-bond donors (Lipinski definition) is 1. The van der Waals surface area contributed by atoms with E-state index < -0.39 is 17.8 Å². The van der Waals surface area contributed by atoms with E-state index >= 15 is 0 Å². The second-order valence-electron chi connectivity index (χ2n) is 5.02. The van der Waals surface area contributed by atoms with E-state index in [1.54, 1.807) is 0 Å². The minimum absolute atomic E-state index is 0.169. The molecule has 4 nitrogen and oxygen atoms in total. The fourth-order valence-electron chi connectivity index (χ4n) is 2.64. The van der Waals surface area contributed by atoms with Crippen molar-refractivity contribution >= 4 is 11.9 Å². The van der Waals surface area contributed by atoms with Crippen molar-refractivity contribution in [2.75, 3.05) is 0 Å². The molecule has 0 radical (unpaired) electrons. The maximum Gasteiger partial charge on any atom is 0.224 e. The Bertz CT molecular complexity index is 444. The summed E-state index contributed by atoms with van der Waals surface area (Å²) >= 11 is 0. The Kier molecular flexibility index (Phi) is 4.55. The molecule has 0 saturated heterocycles. The Morgan fingerprint density at radius 2 is 1.74 bits per heavy atom. The first kappa shape index (κ1) is 13.6. The first-order chi connectivity index (χ1) is 9.18. The molecular formula is C15H18NO3-. The van der Waals surface area contributed by atoms with Gasteiger partial charge in [0.25, 0.3) is 0 Å². The van der Waals surface area contributed by atoms with Crippen LogP contribution in [0.5, 0.6) is 0 Å². The van der Waals surface area contributed by atoms with Crippen LogP contribution in [-0.2, 0) is 16.1 Å². The predicted molar refractivity (Wildman–Crippen MR) is 68.7 cm³/mol. The molecule has 4 heteroatoms. The summed E-state index contributed by atoms with van der Waals surface area (Å²) in [5.41, 5.74) is 1.01. The highest BCUT2D eigenvalue weighted by atomic mass is 16.4. The van der Waals surface area contributed by atoms with Crippen LogP contribution >= 0.6 is 0 Å². The number of rotatable bonds is 4. The normalized spacial score (nSPS) is 22.7. The van der Waals surface area contributed by atoms with Crippen LogP contribution in [-0.4, -0.2) is 11.9 Å². The number of amides is 1. The SMILES string of the molecule is O=C(NCc1ccccc1)[C@H]1CCCC[C@H]1C(=O)[O-]. The van der Waals surface area contributed by atoms with Gasteiger partial charge in [-0.2, -0.15) is 0 Å². The van der Waals surface area contributed by atoms with Gasteiger partial charge in [-0.05, 0) is 18.4 Å². The van der Waals surface area contributed by atoms with Crippen LogP contribution in [0.4, 0.5) is 0 Å². The third kappa shape index (κ3) is 3.56. The van der Waals surface area contributed by atoms with Gasteiger partial charge in [-0.1, -0.05) is 43.2 Å². The highest BCUT2D eigenvalue weighted by Gasteiger charge is 2.31. The molecule has 1 aromatic rings. The smallest absolute Gasteiger partial charge is 0.224 e. The number of nitrogens with one attached hydrogen (secondary N) is 1. The average molecular weight is 260 g/mol. The molecule has 1 amide bonds. The van der Waals surface area contributed by atoms with Gasteiger partial charge < -0.3 is 15.2 Å². The Balaban J connectivity index is 1.93. The molecule has 102 valence electrons. The molecule has 1 saturated carbocycles. The molecule has 1 aromatic carbocycles. The third-order valence-electron chi connectivity index (χ3n) is 3.72. The number of carboxylic acids is 1. The van der Waals surface area contributed by atoms with Crippen molar-refractivity contribution in [1.82, 2.24) is 5.32 Å². The van der Waals surface area contributed by atoms with E-state index in [-0.39, 0.29) is 5.91 Å².